The van der Waals surface area contributed by atoms with E-state index in [1.54, 1.807) is 41.3 Å². The quantitative estimate of drug-likeness (QED) is 0.153. The maximum atomic E-state index is 13.9. The fraction of sp³-hybridized carbons (Fsp3) is 0.0750. The average Bonchev–Trinajstić information content (AvgIpc) is 1.70. The van der Waals surface area contributed by atoms with Gasteiger partial charge in [-0.1, -0.05) is 192 Å². The van der Waals surface area contributed by atoms with Gasteiger partial charge in [-0.15, -0.1) is 0 Å². The summed E-state index contributed by atoms with van der Waals surface area (Å²) in [5.41, 5.74) is 17.0. The molecule has 0 fully saturated rings. The van der Waals surface area contributed by atoms with E-state index in [9.17, 15) is 24.0 Å². The van der Waals surface area contributed by atoms with Gasteiger partial charge in [0, 0.05) is 75.3 Å². The second kappa shape index (κ2) is 23.7. The third kappa shape index (κ3) is 10.5. The molecule has 0 radical (unpaired) electrons. The number of amides is 1. The summed E-state index contributed by atoms with van der Waals surface area (Å²) in [7, 11) is 0. The molecule has 0 aromatic heterocycles. The number of fused-ring (bicyclic) bond motifs is 9. The predicted molar refractivity (Wildman–Crippen MR) is 369 cm³/mol. The number of rotatable bonds is 8. The van der Waals surface area contributed by atoms with Gasteiger partial charge in [0.05, 0.1) is 39.4 Å². The highest BCUT2D eigenvalue weighted by Gasteiger charge is 2.39. The second-order valence-corrected chi connectivity index (χ2v) is 25.5. The van der Waals surface area contributed by atoms with Gasteiger partial charge in [0.2, 0.25) is 0 Å². The molecule has 0 saturated carbocycles. The molecule has 1 amide bonds. The van der Waals surface area contributed by atoms with Gasteiger partial charge in [-0.3, -0.25) is 28.9 Å². The van der Waals surface area contributed by atoms with Gasteiger partial charge in [-0.25, -0.2) is 4.99 Å². The van der Waals surface area contributed by atoms with E-state index in [2.05, 4.69) is 101 Å². The van der Waals surface area contributed by atoms with Crippen molar-refractivity contribution in [1.29, 1.82) is 0 Å². The van der Waals surface area contributed by atoms with E-state index in [0.29, 0.717) is 55.9 Å². The summed E-state index contributed by atoms with van der Waals surface area (Å²) in [5.74, 6) is 0.263. The van der Waals surface area contributed by atoms with E-state index in [0.717, 1.165) is 103 Å². The molecule has 4 aliphatic rings. The lowest BCUT2D eigenvalue weighted by atomic mass is 9.82. The van der Waals surface area contributed by atoms with Crippen LogP contribution in [-0.2, 0) is 0 Å². The zero-order valence-corrected chi connectivity index (χ0v) is 52.3. The highest BCUT2D eigenvalue weighted by Crippen LogP contribution is 2.46. The number of amidine groups is 1. The number of carbonyl (C=O) groups is 5. The number of nitrogens with one attached hydrogen (secondary N) is 2. The molecule has 2 aliphatic carbocycles. The van der Waals surface area contributed by atoms with Crippen LogP contribution in [0.15, 0.2) is 255 Å². The first-order chi connectivity index (χ1) is 44.2. The minimum Gasteiger partial charge on any atom is -0.354 e. The Morgan fingerprint density at radius 3 is 1.26 bits per heavy atom. The standard InChI is InChI=1S/C32H30N2O2.C26H16O2S2.C22H12N2O/c1-17-13-19(3)29(20(4)14-17)33-25-11-12-26(34-30-21(5)15-18(2)16-22(30)6)28-27(25)31(35)23-9-7-8-10-24(23)32(28)36;27-25-19-13-7-15-21(29-17-9-3-1-4-10-17)23(19)26(28)24-20(25)14-8-16-22(24)30-18-11-5-2-6-12-18;25-22-17-12-15-6-2-1-5-14(15)11-16(17)21-23-18-9-3-7-13-8-4-10-19(20(13)18)24(21)22/h7-16,33-34H,1-6H3;1-16H;1-12H. The summed E-state index contributed by atoms with van der Waals surface area (Å²) in [5, 5.41) is 11.3. The number of aryl methyl sites for hydroxylation is 6. The number of hydrogen-bond donors (Lipinski definition) is 2. The summed E-state index contributed by atoms with van der Waals surface area (Å²) < 4.78 is 0. The number of anilines is 5. The normalized spacial score (nSPS) is 13.0. The van der Waals surface area contributed by atoms with Crippen molar-refractivity contribution in [3.05, 3.63) is 320 Å². The van der Waals surface area contributed by atoms with Crippen molar-refractivity contribution < 1.29 is 24.0 Å². The largest absolute Gasteiger partial charge is 0.354 e. The van der Waals surface area contributed by atoms with Crippen molar-refractivity contribution in [3.8, 4) is 0 Å². The molecule has 0 unspecified atom stereocenters. The molecule has 0 atom stereocenters. The van der Waals surface area contributed by atoms with Crippen molar-refractivity contribution in [2.24, 2.45) is 4.99 Å². The molecule has 2 heterocycles. The fourth-order valence-electron chi connectivity index (χ4n) is 13.0. The number of hydrogen-bond acceptors (Lipinski definition) is 10. The summed E-state index contributed by atoms with van der Waals surface area (Å²) in [6.45, 7) is 12.3. The Bertz CT molecular complexity index is 4870. The van der Waals surface area contributed by atoms with Gasteiger partial charge in [-0.05, 0) is 153 Å². The van der Waals surface area contributed by atoms with E-state index < -0.39 is 0 Å². The van der Waals surface area contributed by atoms with Gasteiger partial charge < -0.3 is 10.6 Å². The predicted octanol–water partition coefficient (Wildman–Crippen LogP) is 19.6. The second-order valence-electron chi connectivity index (χ2n) is 23.2. The van der Waals surface area contributed by atoms with Crippen molar-refractivity contribution in [1.82, 2.24) is 0 Å². The Labute approximate surface area is 535 Å². The number of aliphatic imine (C=N–C) groups is 1. The van der Waals surface area contributed by atoms with Crippen LogP contribution < -0.4 is 15.5 Å². The van der Waals surface area contributed by atoms with E-state index in [4.69, 9.17) is 4.99 Å². The molecular formula is C80H58N4O5S2. The summed E-state index contributed by atoms with van der Waals surface area (Å²) in [6.07, 6.45) is 0. The van der Waals surface area contributed by atoms with Gasteiger partial charge in [0.1, 0.15) is 5.84 Å². The molecule has 11 heteroatoms. The lowest BCUT2D eigenvalue weighted by Crippen LogP contribution is -2.31. The Morgan fingerprint density at radius 2 is 0.769 bits per heavy atom. The van der Waals surface area contributed by atoms with Crippen LogP contribution in [0, 0.1) is 41.5 Å². The molecule has 2 N–H and O–H groups in total. The van der Waals surface area contributed by atoms with E-state index in [1.807, 2.05) is 146 Å². The van der Waals surface area contributed by atoms with Crippen molar-refractivity contribution in [3.63, 3.8) is 0 Å². The van der Waals surface area contributed by atoms with E-state index in [1.165, 1.54) is 34.7 Å². The zero-order chi connectivity index (χ0) is 62.8. The molecule has 16 rings (SSSR count). The maximum Gasteiger partial charge on any atom is 0.264 e. The van der Waals surface area contributed by atoms with Gasteiger partial charge >= 0.3 is 0 Å². The number of ketones is 4. The summed E-state index contributed by atoms with van der Waals surface area (Å²) in [6, 6.07) is 74.5. The fourth-order valence-corrected chi connectivity index (χ4v) is 15.0. The first-order valence-electron chi connectivity index (χ1n) is 30.0. The summed E-state index contributed by atoms with van der Waals surface area (Å²) in [4.78, 5) is 78.1. The molecule has 12 aromatic carbocycles. The van der Waals surface area contributed by atoms with E-state index in [-0.39, 0.29) is 29.0 Å². The van der Waals surface area contributed by atoms with Crippen LogP contribution in [0.1, 0.15) is 113 Å². The lowest BCUT2D eigenvalue weighted by molar-refractivity contribution is 0.0974. The minimum absolute atomic E-state index is 0.00139. The van der Waals surface area contributed by atoms with Crippen LogP contribution in [-0.4, -0.2) is 34.9 Å². The summed E-state index contributed by atoms with van der Waals surface area (Å²) >= 11 is 3.03. The molecule has 0 spiro atoms. The molecule has 0 bridgehead atoms. The average molecular weight is 1220 g/mol. The van der Waals surface area contributed by atoms with Gasteiger partial charge in [0.25, 0.3) is 5.91 Å². The number of nitrogens with zero attached hydrogens (tertiary/aromatic N) is 2. The van der Waals surface area contributed by atoms with Crippen LogP contribution in [0.25, 0.3) is 21.5 Å². The van der Waals surface area contributed by atoms with Crippen LogP contribution in [0.5, 0.6) is 0 Å². The Balaban J connectivity index is 0.000000121. The molecular weight excluding hydrogens is 1160 g/mol. The molecule has 440 valence electrons. The topological polar surface area (TPSA) is 125 Å². The SMILES string of the molecule is Cc1cc(C)c(Nc2ccc(Nc3c(C)cc(C)cc3C)c3c2C(=O)c2ccccc2C3=O)c(C)c1.O=C1c2cc3ccccc3cc2C2=Nc3cccc4cccc(c34)N12.O=C1c2cccc(Sc3ccccc3)c2C(=O)c2c(Sc3ccccc3)cccc21. The monoisotopic (exact) mass is 1220 g/mol. The molecule has 9 nitrogen and oxygen atoms in total. The maximum absolute atomic E-state index is 13.9. The van der Waals surface area contributed by atoms with Crippen LogP contribution >= 0.6 is 23.5 Å². The molecule has 0 saturated heterocycles. The third-order valence-electron chi connectivity index (χ3n) is 17.0. The van der Waals surface area contributed by atoms with Crippen LogP contribution in [0.2, 0.25) is 0 Å². The third-order valence-corrected chi connectivity index (χ3v) is 19.1. The van der Waals surface area contributed by atoms with E-state index >= 15 is 0 Å². The number of benzene rings is 12. The highest BCUT2D eigenvalue weighted by atomic mass is 32.2. The Kier molecular flexibility index (Phi) is 15.1. The Hall–Kier alpha value is -10.7. The number of carbonyl (C=O) groups excluding carboxylic acids is 5. The highest BCUT2D eigenvalue weighted by molar-refractivity contribution is 7.99. The van der Waals surface area contributed by atoms with Crippen LogP contribution in [0.3, 0.4) is 0 Å². The van der Waals surface area contributed by atoms with Gasteiger partial charge in [0.15, 0.2) is 23.1 Å². The first kappa shape index (κ1) is 58.0. The van der Waals surface area contributed by atoms with Crippen molar-refractivity contribution in [2.45, 2.75) is 61.1 Å². The molecule has 12 aromatic rings. The lowest BCUT2D eigenvalue weighted by Gasteiger charge is -2.25. The van der Waals surface area contributed by atoms with Crippen molar-refractivity contribution >= 4 is 114 Å². The first-order valence-corrected chi connectivity index (χ1v) is 31.7. The Morgan fingerprint density at radius 1 is 0.352 bits per heavy atom. The van der Waals surface area contributed by atoms with Crippen LogP contribution in [0.4, 0.5) is 34.1 Å². The molecule has 91 heavy (non-hydrogen) atoms. The molecule has 2 aliphatic heterocycles. The van der Waals surface area contributed by atoms with Gasteiger partial charge in [-0.2, -0.15) is 0 Å². The minimum atomic E-state index is -0.147. The zero-order valence-electron chi connectivity index (χ0n) is 50.7. The smallest absolute Gasteiger partial charge is 0.264 e. The van der Waals surface area contributed by atoms with Crippen molar-refractivity contribution in [2.75, 3.05) is 15.5 Å².